The molecule has 0 aromatic carbocycles. The smallest absolute Gasteiger partial charge is 0.307 e. The molecule has 0 aliphatic heterocycles. The number of thioether (sulfide) groups is 1. The van der Waals surface area contributed by atoms with Crippen molar-refractivity contribution >= 4 is 17.7 Å². The molecule has 1 rings (SSSR count). The van der Waals surface area contributed by atoms with E-state index in [1.807, 2.05) is 6.26 Å². The second-order valence-corrected chi connectivity index (χ2v) is 4.64. The molecule has 0 heterocycles. The number of rotatable bonds is 5. The molecule has 0 saturated heterocycles. The topological polar surface area (TPSA) is 63.3 Å². The van der Waals surface area contributed by atoms with Crippen LogP contribution in [0.15, 0.2) is 0 Å². The van der Waals surface area contributed by atoms with Crippen molar-refractivity contribution in [2.24, 2.45) is 11.7 Å². The van der Waals surface area contributed by atoms with Gasteiger partial charge in [-0.25, -0.2) is 0 Å². The summed E-state index contributed by atoms with van der Waals surface area (Å²) >= 11 is 1.78. The number of hydrogen-bond acceptors (Lipinski definition) is 3. The van der Waals surface area contributed by atoms with E-state index in [0.717, 1.165) is 19.3 Å². The quantitative estimate of drug-likeness (QED) is 0.675. The minimum atomic E-state index is -0.752. The second-order valence-electron chi connectivity index (χ2n) is 3.36. The molecule has 1 aliphatic carbocycles. The van der Waals surface area contributed by atoms with E-state index < -0.39 is 5.97 Å². The largest absolute Gasteiger partial charge is 0.481 e. The van der Waals surface area contributed by atoms with Crippen molar-refractivity contribution < 1.29 is 9.90 Å². The van der Waals surface area contributed by atoms with Crippen molar-refractivity contribution in [3.63, 3.8) is 0 Å². The van der Waals surface area contributed by atoms with Crippen LogP contribution in [0.5, 0.6) is 0 Å². The van der Waals surface area contributed by atoms with Gasteiger partial charge in [0.05, 0.1) is 5.92 Å². The van der Waals surface area contributed by atoms with Crippen LogP contribution >= 0.6 is 11.8 Å². The molecule has 1 saturated carbocycles. The Morgan fingerprint density at radius 2 is 2.33 bits per heavy atom. The standard InChI is InChI=1S/C8H15NO2S/c1-12-8(2-3-8)4-6(5-9)7(10)11/h6H,2-5,9H2,1H3,(H,10,11). The molecule has 0 aromatic rings. The minimum absolute atomic E-state index is 0.252. The molecule has 0 radical (unpaired) electrons. The lowest BCUT2D eigenvalue weighted by Crippen LogP contribution is -2.27. The maximum absolute atomic E-state index is 10.7. The second kappa shape index (κ2) is 3.66. The van der Waals surface area contributed by atoms with E-state index >= 15 is 0 Å². The van der Waals surface area contributed by atoms with Gasteiger partial charge >= 0.3 is 5.97 Å². The summed E-state index contributed by atoms with van der Waals surface area (Å²) in [5.41, 5.74) is 5.37. The SMILES string of the molecule is CSC1(CC(CN)C(=O)O)CC1. The van der Waals surface area contributed by atoms with Crippen LogP contribution in [0, 0.1) is 5.92 Å². The van der Waals surface area contributed by atoms with Gasteiger partial charge in [-0.3, -0.25) is 4.79 Å². The van der Waals surface area contributed by atoms with E-state index in [-0.39, 0.29) is 17.2 Å². The lowest BCUT2D eigenvalue weighted by molar-refractivity contribution is -0.141. The molecule has 0 bridgehead atoms. The summed E-state index contributed by atoms with van der Waals surface area (Å²) in [5.74, 6) is -1.10. The van der Waals surface area contributed by atoms with E-state index in [9.17, 15) is 4.79 Å². The van der Waals surface area contributed by atoms with Gasteiger partial charge in [0.25, 0.3) is 0 Å². The van der Waals surface area contributed by atoms with Gasteiger partial charge in [0, 0.05) is 11.3 Å². The first kappa shape index (κ1) is 9.86. The first-order chi connectivity index (χ1) is 5.63. The highest BCUT2D eigenvalue weighted by molar-refractivity contribution is 8.00. The van der Waals surface area contributed by atoms with Crippen LogP contribution in [-0.4, -0.2) is 28.6 Å². The molecule has 1 atom stereocenters. The first-order valence-electron chi connectivity index (χ1n) is 4.11. The lowest BCUT2D eigenvalue weighted by atomic mass is 10.0. The Balaban J connectivity index is 2.42. The number of carboxylic acid groups (broad SMARTS) is 1. The molecule has 3 nitrogen and oxygen atoms in total. The molecular formula is C8H15NO2S. The van der Waals surface area contributed by atoms with Gasteiger partial charge in [-0.1, -0.05) is 0 Å². The fourth-order valence-corrected chi connectivity index (χ4v) is 2.23. The van der Waals surface area contributed by atoms with Crippen LogP contribution in [0.1, 0.15) is 19.3 Å². The average Bonchev–Trinajstić information content (AvgIpc) is 2.80. The van der Waals surface area contributed by atoms with E-state index in [4.69, 9.17) is 10.8 Å². The predicted octanol–water partition coefficient (Wildman–Crippen LogP) is 0.932. The Morgan fingerprint density at radius 1 is 1.75 bits per heavy atom. The molecule has 1 unspecified atom stereocenters. The summed E-state index contributed by atoms with van der Waals surface area (Å²) < 4.78 is 0.252. The zero-order valence-corrected chi connectivity index (χ0v) is 8.06. The fourth-order valence-electron chi connectivity index (χ4n) is 1.35. The molecule has 0 spiro atoms. The normalized spacial score (nSPS) is 21.8. The number of carboxylic acids is 1. The summed E-state index contributed by atoms with van der Waals surface area (Å²) in [4.78, 5) is 10.7. The average molecular weight is 189 g/mol. The van der Waals surface area contributed by atoms with Gasteiger partial charge in [-0.15, -0.1) is 0 Å². The summed E-state index contributed by atoms with van der Waals surface area (Å²) in [7, 11) is 0. The van der Waals surface area contributed by atoms with Crippen LogP contribution in [0.4, 0.5) is 0 Å². The van der Waals surface area contributed by atoms with Gasteiger partial charge in [-0.05, 0) is 25.5 Å². The maximum atomic E-state index is 10.7. The van der Waals surface area contributed by atoms with Crippen LogP contribution in [-0.2, 0) is 4.79 Å². The Bertz CT molecular complexity index is 180. The Kier molecular flexibility index (Phi) is 3.01. The summed E-state index contributed by atoms with van der Waals surface area (Å²) in [6.07, 6.45) is 5.08. The van der Waals surface area contributed by atoms with Crippen molar-refractivity contribution in [3.8, 4) is 0 Å². The molecule has 0 aromatic heterocycles. The van der Waals surface area contributed by atoms with Crippen LogP contribution in [0.25, 0.3) is 0 Å². The van der Waals surface area contributed by atoms with Crippen molar-refractivity contribution in [1.82, 2.24) is 0 Å². The molecule has 1 aliphatic rings. The Hall–Kier alpha value is -0.220. The predicted molar refractivity (Wildman–Crippen MR) is 50.3 cm³/mol. The molecule has 1 fully saturated rings. The molecule has 70 valence electrons. The third kappa shape index (κ3) is 2.14. The zero-order chi connectivity index (χ0) is 9.19. The van der Waals surface area contributed by atoms with E-state index in [1.54, 1.807) is 11.8 Å². The van der Waals surface area contributed by atoms with Crippen LogP contribution < -0.4 is 5.73 Å². The summed E-state index contributed by atoms with van der Waals surface area (Å²) in [5, 5.41) is 8.77. The third-order valence-electron chi connectivity index (χ3n) is 2.49. The Labute approximate surface area is 76.7 Å². The Morgan fingerprint density at radius 3 is 2.58 bits per heavy atom. The van der Waals surface area contributed by atoms with Crippen molar-refractivity contribution in [2.75, 3.05) is 12.8 Å². The van der Waals surface area contributed by atoms with E-state index in [2.05, 4.69) is 0 Å². The van der Waals surface area contributed by atoms with Gasteiger partial charge in [0.15, 0.2) is 0 Å². The number of hydrogen-bond donors (Lipinski definition) is 2. The fraction of sp³-hybridized carbons (Fsp3) is 0.875. The van der Waals surface area contributed by atoms with E-state index in [1.165, 1.54) is 0 Å². The highest BCUT2D eigenvalue weighted by Crippen LogP contribution is 2.51. The van der Waals surface area contributed by atoms with E-state index in [0.29, 0.717) is 0 Å². The first-order valence-corrected chi connectivity index (χ1v) is 5.34. The number of carbonyl (C=O) groups is 1. The van der Waals surface area contributed by atoms with Crippen molar-refractivity contribution in [3.05, 3.63) is 0 Å². The number of aliphatic carboxylic acids is 1. The van der Waals surface area contributed by atoms with Crippen LogP contribution in [0.3, 0.4) is 0 Å². The van der Waals surface area contributed by atoms with Gasteiger partial charge in [-0.2, -0.15) is 11.8 Å². The van der Waals surface area contributed by atoms with Crippen molar-refractivity contribution in [1.29, 1.82) is 0 Å². The highest BCUT2D eigenvalue weighted by atomic mass is 32.2. The summed E-state index contributed by atoms with van der Waals surface area (Å²) in [6.45, 7) is 0.262. The zero-order valence-electron chi connectivity index (χ0n) is 7.25. The summed E-state index contributed by atoms with van der Waals surface area (Å²) in [6, 6.07) is 0. The molecule has 4 heteroatoms. The van der Waals surface area contributed by atoms with Gasteiger partial charge in [0.1, 0.15) is 0 Å². The number of nitrogens with two attached hydrogens (primary N) is 1. The maximum Gasteiger partial charge on any atom is 0.307 e. The molecule has 12 heavy (non-hydrogen) atoms. The van der Waals surface area contributed by atoms with Crippen molar-refractivity contribution in [2.45, 2.75) is 24.0 Å². The highest BCUT2D eigenvalue weighted by Gasteiger charge is 2.44. The third-order valence-corrected chi connectivity index (χ3v) is 3.93. The minimum Gasteiger partial charge on any atom is -0.481 e. The molecular weight excluding hydrogens is 174 g/mol. The van der Waals surface area contributed by atoms with Gasteiger partial charge in [0.2, 0.25) is 0 Å². The van der Waals surface area contributed by atoms with Gasteiger partial charge < -0.3 is 10.8 Å². The molecule has 3 N–H and O–H groups in total. The lowest BCUT2D eigenvalue weighted by Gasteiger charge is -2.16. The molecule has 0 amide bonds. The van der Waals surface area contributed by atoms with Crippen LogP contribution in [0.2, 0.25) is 0 Å². The monoisotopic (exact) mass is 189 g/mol.